The van der Waals surface area contributed by atoms with Gasteiger partial charge in [-0.1, -0.05) is 36.9 Å². The minimum Gasteiger partial charge on any atom is -0.343 e. The lowest BCUT2D eigenvalue weighted by Gasteiger charge is -2.34. The van der Waals surface area contributed by atoms with Gasteiger partial charge in [-0.25, -0.2) is 0 Å². The van der Waals surface area contributed by atoms with Gasteiger partial charge in [0, 0.05) is 5.56 Å². The summed E-state index contributed by atoms with van der Waals surface area (Å²) in [6.45, 7) is 5.23. The number of hydrogen-bond donors (Lipinski definition) is 0. The van der Waals surface area contributed by atoms with E-state index in [1.807, 2.05) is 30.3 Å². The van der Waals surface area contributed by atoms with Crippen molar-refractivity contribution in [3.63, 3.8) is 0 Å². The summed E-state index contributed by atoms with van der Waals surface area (Å²) < 4.78 is 11.3. The molecule has 0 unspecified atom stereocenters. The lowest BCUT2D eigenvalue weighted by Crippen LogP contribution is -2.35. The normalized spacial score (nSPS) is 20.3. The Kier molecular flexibility index (Phi) is 2.66. The monoisotopic (exact) mass is 190 g/mol. The highest BCUT2D eigenvalue weighted by Crippen LogP contribution is 2.31. The van der Waals surface area contributed by atoms with Gasteiger partial charge >= 0.3 is 0 Å². The Morgan fingerprint density at radius 2 is 1.79 bits per heavy atom. The second-order valence-electron chi connectivity index (χ2n) is 3.29. The Labute approximate surface area is 84.2 Å². The molecule has 74 valence electrons. The molecule has 0 N–H and O–H groups in total. The molecule has 0 amide bonds. The lowest BCUT2D eigenvalue weighted by molar-refractivity contribution is -0.244. The Bertz CT molecular complexity index is 299. The van der Waals surface area contributed by atoms with Gasteiger partial charge in [0.25, 0.3) is 0 Å². The third-order valence-corrected chi connectivity index (χ3v) is 2.37. The number of hydrogen-bond acceptors (Lipinski definition) is 2. The average molecular weight is 190 g/mol. The van der Waals surface area contributed by atoms with E-state index in [0.29, 0.717) is 0 Å². The Morgan fingerprint density at radius 3 is 2.36 bits per heavy atom. The molecule has 1 aliphatic heterocycles. The standard InChI is InChI=1S/C12H14O2/c1-2-12(13-9-6-10-14-12)11-7-4-3-5-8-11/h2-5,7-8H,1,6,9-10H2. The molecule has 1 fully saturated rings. The molecule has 14 heavy (non-hydrogen) atoms. The van der Waals surface area contributed by atoms with E-state index in [-0.39, 0.29) is 0 Å². The van der Waals surface area contributed by atoms with E-state index >= 15 is 0 Å². The van der Waals surface area contributed by atoms with E-state index in [9.17, 15) is 0 Å². The predicted octanol–water partition coefficient (Wildman–Crippen LogP) is 2.46. The van der Waals surface area contributed by atoms with Crippen LogP contribution in [0.15, 0.2) is 43.0 Å². The van der Waals surface area contributed by atoms with Crippen LogP contribution in [0.5, 0.6) is 0 Å². The molecule has 1 saturated heterocycles. The van der Waals surface area contributed by atoms with Crippen molar-refractivity contribution in [2.45, 2.75) is 12.2 Å². The Hall–Kier alpha value is -1.12. The van der Waals surface area contributed by atoms with Crippen LogP contribution in [0, 0.1) is 0 Å². The quantitative estimate of drug-likeness (QED) is 0.667. The van der Waals surface area contributed by atoms with Crippen molar-refractivity contribution in [2.24, 2.45) is 0 Å². The van der Waals surface area contributed by atoms with Crippen LogP contribution in [-0.4, -0.2) is 13.2 Å². The zero-order valence-corrected chi connectivity index (χ0v) is 8.11. The minimum atomic E-state index is -0.723. The Balaban J connectivity index is 2.32. The first-order valence-electron chi connectivity index (χ1n) is 4.84. The van der Waals surface area contributed by atoms with Crippen molar-refractivity contribution in [3.8, 4) is 0 Å². The van der Waals surface area contributed by atoms with E-state index in [0.717, 1.165) is 25.2 Å². The lowest BCUT2D eigenvalue weighted by atomic mass is 10.1. The summed E-state index contributed by atoms with van der Waals surface area (Å²) in [5.74, 6) is -0.723. The summed E-state index contributed by atoms with van der Waals surface area (Å²) in [7, 11) is 0. The first-order valence-corrected chi connectivity index (χ1v) is 4.84. The summed E-state index contributed by atoms with van der Waals surface area (Å²) in [5, 5.41) is 0. The van der Waals surface area contributed by atoms with Crippen LogP contribution in [0.25, 0.3) is 0 Å². The number of ether oxygens (including phenoxy) is 2. The van der Waals surface area contributed by atoms with E-state index in [4.69, 9.17) is 9.47 Å². The summed E-state index contributed by atoms with van der Waals surface area (Å²) in [5.41, 5.74) is 1.01. The van der Waals surface area contributed by atoms with Gasteiger partial charge in [-0.2, -0.15) is 0 Å². The maximum atomic E-state index is 5.66. The highest BCUT2D eigenvalue weighted by atomic mass is 16.7. The van der Waals surface area contributed by atoms with Crippen LogP contribution in [0.3, 0.4) is 0 Å². The predicted molar refractivity (Wildman–Crippen MR) is 54.8 cm³/mol. The molecule has 1 heterocycles. The second kappa shape index (κ2) is 3.95. The molecule has 2 rings (SSSR count). The molecule has 0 atom stereocenters. The van der Waals surface area contributed by atoms with Crippen LogP contribution in [0.2, 0.25) is 0 Å². The van der Waals surface area contributed by atoms with Crippen LogP contribution < -0.4 is 0 Å². The molecule has 1 aromatic rings. The zero-order chi connectivity index (χ0) is 9.86. The number of benzene rings is 1. The van der Waals surface area contributed by atoms with Gasteiger partial charge in [-0.15, -0.1) is 0 Å². The first-order chi connectivity index (χ1) is 6.87. The van der Waals surface area contributed by atoms with Crippen molar-refractivity contribution in [1.82, 2.24) is 0 Å². The van der Waals surface area contributed by atoms with Crippen molar-refractivity contribution >= 4 is 0 Å². The highest BCUT2D eigenvalue weighted by Gasteiger charge is 2.32. The summed E-state index contributed by atoms with van der Waals surface area (Å²) in [6, 6.07) is 9.91. The zero-order valence-electron chi connectivity index (χ0n) is 8.11. The van der Waals surface area contributed by atoms with Crippen LogP contribution >= 0.6 is 0 Å². The fraction of sp³-hybridized carbons (Fsp3) is 0.333. The summed E-state index contributed by atoms with van der Waals surface area (Å²) in [6.07, 6.45) is 2.67. The SMILES string of the molecule is C=CC1(c2ccccc2)OCCCO1. The number of rotatable bonds is 2. The molecule has 0 aliphatic carbocycles. The minimum absolute atomic E-state index is 0.723. The molecule has 2 heteroatoms. The van der Waals surface area contributed by atoms with Crippen LogP contribution in [0.4, 0.5) is 0 Å². The largest absolute Gasteiger partial charge is 0.343 e. The van der Waals surface area contributed by atoms with Crippen molar-refractivity contribution in [2.75, 3.05) is 13.2 Å². The molecule has 0 aromatic heterocycles. The highest BCUT2D eigenvalue weighted by molar-refractivity contribution is 5.24. The molecular formula is C12H14O2. The smallest absolute Gasteiger partial charge is 0.214 e. The van der Waals surface area contributed by atoms with E-state index < -0.39 is 5.79 Å². The molecule has 0 saturated carbocycles. The van der Waals surface area contributed by atoms with Crippen molar-refractivity contribution in [1.29, 1.82) is 0 Å². The maximum absolute atomic E-state index is 5.66. The van der Waals surface area contributed by atoms with E-state index in [1.165, 1.54) is 0 Å². The van der Waals surface area contributed by atoms with Gasteiger partial charge < -0.3 is 9.47 Å². The van der Waals surface area contributed by atoms with E-state index in [1.54, 1.807) is 6.08 Å². The fourth-order valence-corrected chi connectivity index (χ4v) is 1.62. The van der Waals surface area contributed by atoms with Gasteiger partial charge in [0.15, 0.2) is 0 Å². The van der Waals surface area contributed by atoms with Gasteiger partial charge in [0.05, 0.1) is 13.2 Å². The molecule has 0 spiro atoms. The van der Waals surface area contributed by atoms with Gasteiger partial charge in [0.2, 0.25) is 5.79 Å². The average Bonchev–Trinajstić information content (AvgIpc) is 2.31. The first kappa shape index (κ1) is 9.44. The van der Waals surface area contributed by atoms with Gasteiger partial charge in [0.1, 0.15) is 0 Å². The van der Waals surface area contributed by atoms with E-state index in [2.05, 4.69) is 6.58 Å². The molecule has 0 radical (unpaired) electrons. The molecule has 2 nitrogen and oxygen atoms in total. The van der Waals surface area contributed by atoms with Crippen molar-refractivity contribution < 1.29 is 9.47 Å². The summed E-state index contributed by atoms with van der Waals surface area (Å²) in [4.78, 5) is 0. The maximum Gasteiger partial charge on any atom is 0.214 e. The molecule has 0 bridgehead atoms. The Morgan fingerprint density at radius 1 is 1.14 bits per heavy atom. The second-order valence-corrected chi connectivity index (χ2v) is 3.29. The molecule has 1 aromatic carbocycles. The molecular weight excluding hydrogens is 176 g/mol. The van der Waals surface area contributed by atoms with Gasteiger partial charge in [-0.3, -0.25) is 0 Å². The third kappa shape index (κ3) is 1.59. The van der Waals surface area contributed by atoms with Crippen LogP contribution in [0.1, 0.15) is 12.0 Å². The topological polar surface area (TPSA) is 18.5 Å². The van der Waals surface area contributed by atoms with Crippen LogP contribution in [-0.2, 0) is 15.3 Å². The van der Waals surface area contributed by atoms with Crippen molar-refractivity contribution in [3.05, 3.63) is 48.6 Å². The van der Waals surface area contributed by atoms with Gasteiger partial charge in [-0.05, 0) is 12.5 Å². The fourth-order valence-electron chi connectivity index (χ4n) is 1.62. The third-order valence-electron chi connectivity index (χ3n) is 2.37. The summed E-state index contributed by atoms with van der Waals surface area (Å²) >= 11 is 0. The molecule has 1 aliphatic rings.